The maximum atomic E-state index is 13.5. The highest BCUT2D eigenvalue weighted by Crippen LogP contribution is 2.31. The molecule has 5 rings (SSSR count). The van der Waals surface area contributed by atoms with Gasteiger partial charge in [-0.05, 0) is 72.7 Å². The number of methoxy groups -OCH3 is 1. The van der Waals surface area contributed by atoms with Crippen molar-refractivity contribution >= 4 is 63.4 Å². The molecule has 4 aromatic carbocycles. The van der Waals surface area contributed by atoms with Crippen LogP contribution in [0.4, 0.5) is 16.5 Å². The van der Waals surface area contributed by atoms with Gasteiger partial charge in [-0.25, -0.2) is 4.98 Å². The van der Waals surface area contributed by atoms with E-state index in [9.17, 15) is 24.5 Å². The molecule has 3 amide bonds. The smallest absolute Gasteiger partial charge is 0.272 e. The van der Waals surface area contributed by atoms with E-state index in [2.05, 4.69) is 20.9 Å². The fourth-order valence-electron chi connectivity index (χ4n) is 4.57. The number of nitrogens with zero attached hydrogens (tertiary/aromatic N) is 2. The van der Waals surface area contributed by atoms with Crippen LogP contribution in [0, 0.1) is 10.1 Å². The first-order valence-corrected chi connectivity index (χ1v) is 16.8. The van der Waals surface area contributed by atoms with Crippen molar-refractivity contribution in [3.8, 4) is 17.0 Å². The number of non-ortho nitro benzene ring substituents is 1. The van der Waals surface area contributed by atoms with Gasteiger partial charge >= 0.3 is 0 Å². The minimum absolute atomic E-state index is 0.0664. The van der Waals surface area contributed by atoms with Crippen LogP contribution in [0.5, 0.6) is 5.75 Å². The number of benzene rings is 4. The van der Waals surface area contributed by atoms with Gasteiger partial charge in [0.15, 0.2) is 5.13 Å². The SMILES string of the molecule is CCC(Sc1cccc(NC(=O)/C(=C\c2ccc([N+](=O)[O-])cc2)NC(=O)c2ccccc2)c1)C(=O)Nc1nc(-c2cccc(OC)c2)cs1. The van der Waals surface area contributed by atoms with E-state index < -0.39 is 22.0 Å². The first kappa shape index (κ1) is 34.5. The van der Waals surface area contributed by atoms with Crippen molar-refractivity contribution < 1.29 is 24.0 Å². The van der Waals surface area contributed by atoms with E-state index in [1.807, 2.05) is 42.6 Å². The average Bonchev–Trinajstić information content (AvgIpc) is 3.59. The quantitative estimate of drug-likeness (QED) is 0.0492. The number of rotatable bonds is 13. The molecule has 0 saturated heterocycles. The van der Waals surface area contributed by atoms with Gasteiger partial charge in [0.2, 0.25) is 5.91 Å². The molecule has 1 aromatic heterocycles. The summed E-state index contributed by atoms with van der Waals surface area (Å²) in [6.07, 6.45) is 1.98. The molecule has 0 saturated carbocycles. The Morgan fingerprint density at radius 2 is 1.71 bits per heavy atom. The van der Waals surface area contributed by atoms with Crippen molar-refractivity contribution in [1.29, 1.82) is 0 Å². The van der Waals surface area contributed by atoms with E-state index in [1.54, 1.807) is 55.6 Å². The van der Waals surface area contributed by atoms with Crippen LogP contribution in [0.1, 0.15) is 29.3 Å². The van der Waals surface area contributed by atoms with Crippen LogP contribution in [0.3, 0.4) is 0 Å². The van der Waals surface area contributed by atoms with Crippen molar-refractivity contribution in [2.24, 2.45) is 0 Å². The Hall–Kier alpha value is -5.79. The highest BCUT2D eigenvalue weighted by Gasteiger charge is 2.21. The monoisotopic (exact) mass is 693 g/mol. The Morgan fingerprint density at radius 3 is 2.43 bits per heavy atom. The Morgan fingerprint density at radius 1 is 0.959 bits per heavy atom. The summed E-state index contributed by atoms with van der Waals surface area (Å²) in [7, 11) is 1.60. The number of amides is 3. The van der Waals surface area contributed by atoms with Gasteiger partial charge in [-0.1, -0.05) is 43.3 Å². The van der Waals surface area contributed by atoms with E-state index in [4.69, 9.17) is 4.74 Å². The molecule has 0 bridgehead atoms. The summed E-state index contributed by atoms with van der Waals surface area (Å²) < 4.78 is 5.30. The minimum Gasteiger partial charge on any atom is -0.497 e. The van der Waals surface area contributed by atoms with Gasteiger partial charge in [0, 0.05) is 39.2 Å². The number of carbonyl (C=O) groups is 3. The number of aromatic nitrogens is 1. The Balaban J connectivity index is 1.28. The van der Waals surface area contributed by atoms with Gasteiger partial charge in [-0.3, -0.25) is 24.5 Å². The van der Waals surface area contributed by atoms with Crippen LogP contribution in [-0.4, -0.2) is 40.0 Å². The summed E-state index contributed by atoms with van der Waals surface area (Å²) in [4.78, 5) is 55.6. The third kappa shape index (κ3) is 9.40. The molecule has 0 spiro atoms. The van der Waals surface area contributed by atoms with Crippen molar-refractivity contribution in [3.63, 3.8) is 0 Å². The lowest BCUT2D eigenvalue weighted by atomic mass is 10.1. The second kappa shape index (κ2) is 16.4. The van der Waals surface area contributed by atoms with Gasteiger partial charge in [-0.15, -0.1) is 23.1 Å². The average molecular weight is 694 g/mol. The van der Waals surface area contributed by atoms with Crippen molar-refractivity contribution in [2.45, 2.75) is 23.5 Å². The van der Waals surface area contributed by atoms with E-state index >= 15 is 0 Å². The van der Waals surface area contributed by atoms with Crippen molar-refractivity contribution in [1.82, 2.24) is 10.3 Å². The summed E-state index contributed by atoms with van der Waals surface area (Å²) >= 11 is 2.68. The Bertz CT molecular complexity index is 2000. The standard InChI is InChI=1S/C36H31N5O6S2/c1-3-32(35(44)40-36-39-31(22-48-36)25-11-7-13-28(20-25)47-2)49-29-14-8-12-26(21-29)37-34(43)30(38-33(42)24-9-5-4-6-10-24)19-23-15-17-27(18-16-23)41(45)46/h4-22,32H,3H2,1-2H3,(H,37,43)(H,38,42)(H,39,40,44)/b30-19+. The molecule has 1 heterocycles. The number of thioether (sulfide) groups is 1. The molecular weight excluding hydrogens is 663 g/mol. The fraction of sp³-hybridized carbons (Fsp3) is 0.111. The number of hydrogen-bond donors (Lipinski definition) is 3. The maximum absolute atomic E-state index is 13.5. The molecule has 0 fully saturated rings. The minimum atomic E-state index is -0.606. The largest absolute Gasteiger partial charge is 0.497 e. The third-order valence-corrected chi connectivity index (χ3v) is 9.19. The Kier molecular flexibility index (Phi) is 11.5. The number of nitro benzene ring substituents is 1. The second-order valence-electron chi connectivity index (χ2n) is 10.5. The van der Waals surface area contributed by atoms with Crippen LogP contribution in [-0.2, 0) is 9.59 Å². The summed E-state index contributed by atoms with van der Waals surface area (Å²) in [6.45, 7) is 1.91. The van der Waals surface area contributed by atoms with Crippen LogP contribution >= 0.6 is 23.1 Å². The zero-order chi connectivity index (χ0) is 34.8. The molecule has 11 nitrogen and oxygen atoms in total. The van der Waals surface area contributed by atoms with E-state index in [-0.39, 0.29) is 17.3 Å². The molecule has 13 heteroatoms. The topological polar surface area (TPSA) is 153 Å². The first-order chi connectivity index (χ1) is 23.7. The van der Waals surface area contributed by atoms with E-state index in [0.717, 1.165) is 16.2 Å². The molecule has 0 aliphatic heterocycles. The highest BCUT2D eigenvalue weighted by molar-refractivity contribution is 8.00. The third-order valence-electron chi connectivity index (χ3n) is 7.08. The molecule has 3 N–H and O–H groups in total. The lowest BCUT2D eigenvalue weighted by molar-refractivity contribution is -0.384. The van der Waals surface area contributed by atoms with Crippen LogP contribution in [0.2, 0.25) is 0 Å². The summed E-state index contributed by atoms with van der Waals surface area (Å²) in [5, 5.41) is 21.4. The summed E-state index contributed by atoms with van der Waals surface area (Å²) in [5.74, 6) is -0.595. The Labute approximate surface area is 290 Å². The maximum Gasteiger partial charge on any atom is 0.272 e. The zero-order valence-electron chi connectivity index (χ0n) is 26.4. The van der Waals surface area contributed by atoms with Gasteiger partial charge in [0.25, 0.3) is 17.5 Å². The summed E-state index contributed by atoms with van der Waals surface area (Å²) in [6, 6.07) is 28.6. The van der Waals surface area contributed by atoms with Crippen LogP contribution in [0.15, 0.2) is 119 Å². The van der Waals surface area contributed by atoms with E-state index in [0.29, 0.717) is 34.1 Å². The molecule has 0 aliphatic carbocycles. The van der Waals surface area contributed by atoms with E-state index in [1.165, 1.54) is 53.4 Å². The molecule has 0 radical (unpaired) electrons. The molecule has 1 atom stereocenters. The number of thiazole rings is 1. The van der Waals surface area contributed by atoms with Gasteiger partial charge in [-0.2, -0.15) is 0 Å². The van der Waals surface area contributed by atoms with Gasteiger partial charge in [0.1, 0.15) is 11.4 Å². The number of nitrogens with one attached hydrogen (secondary N) is 3. The predicted octanol–water partition coefficient (Wildman–Crippen LogP) is 7.65. The molecule has 248 valence electrons. The zero-order valence-corrected chi connectivity index (χ0v) is 28.0. The van der Waals surface area contributed by atoms with Crippen molar-refractivity contribution in [3.05, 3.63) is 135 Å². The molecule has 0 aliphatic rings. The number of ether oxygens (including phenoxy) is 1. The molecule has 49 heavy (non-hydrogen) atoms. The molecular formula is C36H31N5O6S2. The molecule has 5 aromatic rings. The second-order valence-corrected chi connectivity index (χ2v) is 12.6. The van der Waals surface area contributed by atoms with Crippen LogP contribution < -0.4 is 20.7 Å². The first-order valence-electron chi connectivity index (χ1n) is 15.0. The number of carbonyl (C=O) groups excluding carboxylic acids is 3. The van der Waals surface area contributed by atoms with Crippen LogP contribution in [0.25, 0.3) is 17.3 Å². The molecule has 1 unspecified atom stereocenters. The lowest BCUT2D eigenvalue weighted by Gasteiger charge is -2.15. The lowest BCUT2D eigenvalue weighted by Crippen LogP contribution is -2.30. The van der Waals surface area contributed by atoms with Gasteiger partial charge < -0.3 is 20.7 Å². The predicted molar refractivity (Wildman–Crippen MR) is 193 cm³/mol. The normalized spacial score (nSPS) is 11.7. The van der Waals surface area contributed by atoms with Gasteiger partial charge in [0.05, 0.1) is 23.0 Å². The van der Waals surface area contributed by atoms with Crippen molar-refractivity contribution in [2.75, 3.05) is 17.7 Å². The number of hydrogen-bond acceptors (Lipinski definition) is 9. The fourth-order valence-corrected chi connectivity index (χ4v) is 6.30. The number of anilines is 2. The number of nitro groups is 1. The highest BCUT2D eigenvalue weighted by atomic mass is 32.2. The summed E-state index contributed by atoms with van der Waals surface area (Å²) in [5.41, 5.74) is 2.70.